The first-order valence-corrected chi connectivity index (χ1v) is 32.1. The summed E-state index contributed by atoms with van der Waals surface area (Å²) in [5.74, 6) is -4.49. The van der Waals surface area contributed by atoms with Crippen LogP contribution in [0.5, 0.6) is 5.75 Å². The number of likely N-dealkylation sites (tertiary alicyclic amines) is 2. The van der Waals surface area contributed by atoms with E-state index in [-0.39, 0.29) is 54.9 Å². The molecule has 3 aromatic rings. The van der Waals surface area contributed by atoms with Crippen LogP contribution in [0.25, 0.3) is 0 Å². The van der Waals surface area contributed by atoms with Crippen molar-refractivity contribution in [2.75, 3.05) is 34.3 Å². The van der Waals surface area contributed by atoms with E-state index in [1.165, 1.54) is 63.1 Å². The fraction of sp³-hybridized carbons (Fsp3) is 0.594. The van der Waals surface area contributed by atoms with Crippen LogP contribution in [-0.4, -0.2) is 173 Å². The van der Waals surface area contributed by atoms with E-state index < -0.39 is 130 Å². The number of nitrogens with one attached hydrogen (secondary N) is 6. The van der Waals surface area contributed by atoms with Crippen LogP contribution in [-0.2, 0) is 51.1 Å². The van der Waals surface area contributed by atoms with Crippen LogP contribution in [0.2, 0.25) is 0 Å². The lowest BCUT2D eigenvalue weighted by molar-refractivity contribution is -0.144. The lowest BCUT2D eigenvalue weighted by atomic mass is 9.85. The molecule has 92 heavy (non-hydrogen) atoms. The first-order valence-electron chi connectivity index (χ1n) is 32.1. The number of fused-ring (bicyclic) bond motifs is 2. The van der Waals surface area contributed by atoms with Crippen molar-refractivity contribution in [1.82, 2.24) is 51.5 Å². The Kier molecular flexibility index (Phi) is 22.2. The molecule has 0 bridgehead atoms. The summed E-state index contributed by atoms with van der Waals surface area (Å²) in [4.78, 5) is 148. The highest BCUT2D eigenvalue weighted by atomic mass is 16.6. The summed E-state index contributed by atoms with van der Waals surface area (Å²) in [6.07, 6.45) is 3.18. The Morgan fingerprint density at radius 2 is 0.880 bits per heavy atom. The van der Waals surface area contributed by atoms with Gasteiger partial charge in [0.05, 0.1) is 19.2 Å². The summed E-state index contributed by atoms with van der Waals surface area (Å²) in [5.41, 5.74) is 0.673. The van der Waals surface area contributed by atoms with Crippen molar-refractivity contribution in [2.24, 2.45) is 10.8 Å². The zero-order valence-electron chi connectivity index (χ0n) is 56.8. The Balaban J connectivity index is 1.13. The van der Waals surface area contributed by atoms with Crippen molar-refractivity contribution in [3.63, 3.8) is 0 Å². The lowest BCUT2D eigenvalue weighted by Crippen LogP contribution is -2.60. The molecule has 0 saturated carbocycles. The van der Waals surface area contributed by atoms with Gasteiger partial charge in [0.1, 0.15) is 53.2 Å². The van der Waals surface area contributed by atoms with Crippen molar-refractivity contribution in [1.29, 1.82) is 0 Å². The standard InChI is InChI=1S/C69H98N10O13/c1-39(76(15)64(88)91-68(9,10)11)56(80)74-54(66(3,4)5)62(86)78-37-45(35-52(78)60(84)72-50-30-22-26-41-24-18-20-28-48(41)50)70-58(82)43-32-44(34-47(33-43)90-17)59(83)71-46-36-53(61(85)73-51-31-23-27-42-25-19-21-29-49(42)51)79(38-46)63(87)55(67(6,7)8)75-57(81)40(2)77(16)65(89)92-69(12,13)14/h18-21,24-25,28-29,32-34,39-40,45-46,50-55H,22-23,26-27,30-31,35-38H2,1-17H3,(H,70,82)(H,71,83)(H,72,84)(H,73,85)(H,74,80)(H,75,81)/t39-,40-,45-,46-,50+,51+,52-,53-,54+,55+/m0/s1. The van der Waals surface area contributed by atoms with Crippen LogP contribution >= 0.6 is 0 Å². The van der Waals surface area contributed by atoms with Gasteiger partial charge in [-0.25, -0.2) is 9.59 Å². The molecule has 2 heterocycles. The van der Waals surface area contributed by atoms with E-state index in [2.05, 4.69) is 31.9 Å². The fourth-order valence-electron chi connectivity index (χ4n) is 12.2. The minimum atomic E-state index is -1.21. The van der Waals surface area contributed by atoms with Crippen LogP contribution in [0.4, 0.5) is 9.59 Å². The Bertz CT molecular complexity index is 3060. The topological polar surface area (TPSA) is 284 Å². The third kappa shape index (κ3) is 17.7. The second kappa shape index (κ2) is 28.7. The molecule has 0 aromatic heterocycles. The Hall–Kier alpha value is -8.24. The molecular weight excluding hydrogens is 1180 g/mol. The quantitative estimate of drug-likeness (QED) is 0.0791. The molecule has 3 aromatic carbocycles. The zero-order valence-corrected chi connectivity index (χ0v) is 56.8. The number of hydrogen-bond acceptors (Lipinski definition) is 13. The SMILES string of the molecule is COc1cc(C(=O)N[C@H]2C[C@@H](C(=O)N[C@@H]3CCCc4ccccc43)N(C(=O)[C@@H](NC(=O)[C@H](C)N(C)C(=O)OC(C)(C)C)C(C)(C)C)C2)cc(C(=O)N[C@H]2C[C@@H](C(=O)N[C@@H]3CCCc4ccccc43)N(C(=O)[C@@H](NC(=O)[C@H](C)N(C)C(=O)OC(C)(C)C)C(C)(C)C)C2)c1. The molecule has 502 valence electrons. The van der Waals surface area contributed by atoms with Crippen LogP contribution < -0.4 is 36.6 Å². The molecule has 10 amide bonds. The Labute approximate surface area is 541 Å². The number of carbonyl (C=O) groups is 10. The molecule has 7 rings (SSSR count). The molecule has 0 unspecified atom stereocenters. The maximum atomic E-state index is 15.1. The van der Waals surface area contributed by atoms with E-state index >= 15 is 9.59 Å². The molecule has 2 fully saturated rings. The minimum Gasteiger partial charge on any atom is -0.497 e. The Morgan fingerprint density at radius 1 is 0.522 bits per heavy atom. The molecule has 2 saturated heterocycles. The molecule has 0 spiro atoms. The van der Waals surface area contributed by atoms with Gasteiger partial charge in [0.25, 0.3) is 11.8 Å². The van der Waals surface area contributed by atoms with Crippen LogP contribution in [0.1, 0.15) is 191 Å². The number of likely N-dealkylation sites (N-methyl/N-ethyl adjacent to an activating group) is 2. The van der Waals surface area contributed by atoms with Gasteiger partial charge in [0, 0.05) is 50.4 Å². The second-order valence-corrected chi connectivity index (χ2v) is 29.2. The van der Waals surface area contributed by atoms with Gasteiger partial charge in [0.2, 0.25) is 35.4 Å². The number of ether oxygens (including phenoxy) is 3. The van der Waals surface area contributed by atoms with Crippen molar-refractivity contribution >= 4 is 59.4 Å². The average molecular weight is 1280 g/mol. The minimum absolute atomic E-state index is 0.00515. The predicted octanol–water partition coefficient (Wildman–Crippen LogP) is 7.05. The third-order valence-electron chi connectivity index (χ3n) is 17.6. The van der Waals surface area contributed by atoms with Crippen molar-refractivity contribution in [3.05, 3.63) is 100 Å². The number of carbonyl (C=O) groups excluding carboxylic acids is 10. The van der Waals surface area contributed by atoms with E-state index in [1.807, 2.05) is 48.5 Å². The normalized spacial score (nSPS) is 21.1. The number of aryl methyl sites for hydroxylation is 2. The van der Waals surface area contributed by atoms with Crippen molar-refractivity contribution < 1.29 is 62.2 Å². The summed E-state index contributed by atoms with van der Waals surface area (Å²) in [5, 5.41) is 18.2. The van der Waals surface area contributed by atoms with Crippen LogP contribution in [0.3, 0.4) is 0 Å². The average Bonchev–Trinajstić information content (AvgIpc) is 1.63. The number of methoxy groups -OCH3 is 1. The number of rotatable bonds is 17. The second-order valence-electron chi connectivity index (χ2n) is 29.2. The molecular formula is C69H98N10O13. The highest BCUT2D eigenvalue weighted by Crippen LogP contribution is 2.35. The number of benzene rings is 3. The molecule has 6 N–H and O–H groups in total. The Morgan fingerprint density at radius 3 is 1.22 bits per heavy atom. The van der Waals surface area contributed by atoms with Gasteiger partial charge in [-0.05, 0) is 158 Å². The molecule has 4 aliphatic rings. The lowest BCUT2D eigenvalue weighted by Gasteiger charge is -2.37. The monoisotopic (exact) mass is 1270 g/mol. The summed E-state index contributed by atoms with van der Waals surface area (Å²) < 4.78 is 16.7. The highest BCUT2D eigenvalue weighted by molar-refractivity contribution is 6.02. The smallest absolute Gasteiger partial charge is 0.410 e. The predicted molar refractivity (Wildman–Crippen MR) is 346 cm³/mol. The molecule has 2 aliphatic carbocycles. The maximum absolute atomic E-state index is 15.1. The summed E-state index contributed by atoms with van der Waals surface area (Å²) >= 11 is 0. The first-order chi connectivity index (χ1) is 42.8. The summed E-state index contributed by atoms with van der Waals surface area (Å²) in [6.45, 7) is 23.6. The van der Waals surface area contributed by atoms with Crippen LogP contribution in [0, 0.1) is 10.8 Å². The molecule has 10 atom stereocenters. The molecule has 23 nitrogen and oxygen atoms in total. The largest absolute Gasteiger partial charge is 0.497 e. The van der Waals surface area contributed by atoms with Gasteiger partial charge in [-0.15, -0.1) is 0 Å². The van der Waals surface area contributed by atoms with Crippen molar-refractivity contribution in [3.8, 4) is 5.75 Å². The number of hydrogen-bond donors (Lipinski definition) is 6. The van der Waals surface area contributed by atoms with Crippen molar-refractivity contribution in [2.45, 2.75) is 220 Å². The number of amides is 10. The van der Waals surface area contributed by atoms with Gasteiger partial charge < -0.3 is 55.9 Å². The molecule has 23 heteroatoms. The van der Waals surface area contributed by atoms with Gasteiger partial charge in [-0.1, -0.05) is 90.1 Å². The van der Waals surface area contributed by atoms with E-state index in [9.17, 15) is 38.4 Å². The van der Waals surface area contributed by atoms with Crippen LogP contribution in [0.15, 0.2) is 66.7 Å². The third-order valence-corrected chi connectivity index (χ3v) is 17.6. The maximum Gasteiger partial charge on any atom is 0.410 e. The number of nitrogens with zero attached hydrogens (tertiary/aromatic N) is 4. The molecule has 0 radical (unpaired) electrons. The fourth-order valence-corrected chi connectivity index (χ4v) is 12.2. The highest BCUT2D eigenvalue weighted by Gasteiger charge is 2.49. The van der Waals surface area contributed by atoms with E-state index in [0.29, 0.717) is 12.8 Å². The van der Waals surface area contributed by atoms with E-state index in [0.717, 1.165) is 57.7 Å². The molecule has 2 aliphatic heterocycles. The van der Waals surface area contributed by atoms with Gasteiger partial charge in [-0.2, -0.15) is 0 Å². The summed E-state index contributed by atoms with van der Waals surface area (Å²) in [6, 6.07) is 10.9. The first kappa shape index (κ1) is 71.2. The van der Waals surface area contributed by atoms with E-state index in [1.54, 1.807) is 83.1 Å². The van der Waals surface area contributed by atoms with E-state index in [4.69, 9.17) is 14.2 Å². The van der Waals surface area contributed by atoms with Gasteiger partial charge in [-0.3, -0.25) is 48.2 Å². The summed E-state index contributed by atoms with van der Waals surface area (Å²) in [7, 11) is 4.23. The zero-order chi connectivity index (χ0) is 68.1. The van der Waals surface area contributed by atoms with Gasteiger partial charge >= 0.3 is 12.2 Å². The van der Waals surface area contributed by atoms with Gasteiger partial charge in [0.15, 0.2) is 0 Å².